The highest BCUT2D eigenvalue weighted by atomic mass is 16.5. The molecular formula is C19H29NO3. The number of aliphatic hydroxyl groups is 1. The predicted octanol–water partition coefficient (Wildman–Crippen LogP) is 3.03. The first-order valence-electron chi connectivity index (χ1n) is 12.3. The van der Waals surface area contributed by atoms with Crippen molar-refractivity contribution in [3.63, 3.8) is 0 Å². The number of benzene rings is 1. The molecule has 0 aromatic heterocycles. The van der Waals surface area contributed by atoms with Crippen molar-refractivity contribution in [2.45, 2.75) is 45.2 Å². The number of fused-ring (bicyclic) bond motifs is 3. The van der Waals surface area contributed by atoms with Crippen LogP contribution in [0.4, 0.5) is 0 Å². The smallest absolute Gasteiger partial charge is 0.161 e. The van der Waals surface area contributed by atoms with E-state index in [0.717, 1.165) is 0 Å². The fraction of sp³-hybridized carbons (Fsp3) is 0.684. The van der Waals surface area contributed by atoms with E-state index in [1.165, 1.54) is 7.11 Å². The van der Waals surface area contributed by atoms with Gasteiger partial charge in [0.05, 0.1) is 28.5 Å². The van der Waals surface area contributed by atoms with Gasteiger partial charge in [-0.1, -0.05) is 13.8 Å². The molecule has 1 fully saturated rings. The van der Waals surface area contributed by atoms with Crippen molar-refractivity contribution in [2.24, 2.45) is 11.8 Å². The third kappa shape index (κ3) is 3.20. The summed E-state index contributed by atoms with van der Waals surface area (Å²) in [7, 11) is -1.71. The van der Waals surface area contributed by atoms with E-state index >= 15 is 0 Å². The van der Waals surface area contributed by atoms with Crippen LogP contribution in [0.5, 0.6) is 11.5 Å². The van der Waals surface area contributed by atoms with Gasteiger partial charge in [-0.15, -0.1) is 0 Å². The van der Waals surface area contributed by atoms with Crippen LogP contribution in [0.2, 0.25) is 0 Å². The van der Waals surface area contributed by atoms with Crippen molar-refractivity contribution in [3.8, 4) is 11.5 Å². The van der Waals surface area contributed by atoms with Crippen molar-refractivity contribution in [1.29, 1.82) is 0 Å². The number of methoxy groups -OCH3 is 2. The Bertz CT molecular complexity index is 903. The Hall–Kier alpha value is -1.26. The van der Waals surface area contributed by atoms with Crippen LogP contribution in [0.25, 0.3) is 0 Å². The van der Waals surface area contributed by atoms with Crippen LogP contribution in [0.15, 0.2) is 12.1 Å². The Balaban J connectivity index is 2.25. The Morgan fingerprint density at radius 1 is 1.48 bits per heavy atom. The molecule has 1 aromatic rings. The molecule has 23 heavy (non-hydrogen) atoms. The SMILES string of the molecule is [2H]c1c2c(c([2H])c(OC([2H])([2H])[2H])c1OC)C1N(CC2)CC([2H])(CC(C)C)C([2H])(O)C1([2H])[2H]. The molecule has 1 saturated heterocycles. The lowest BCUT2D eigenvalue weighted by atomic mass is 9.79. The molecule has 3 atom stereocenters. The highest BCUT2D eigenvalue weighted by Gasteiger charge is 2.38. The lowest BCUT2D eigenvalue weighted by Crippen LogP contribution is -2.48. The number of hydrogen-bond acceptors (Lipinski definition) is 4. The molecule has 0 radical (unpaired) electrons. The molecule has 0 saturated carbocycles. The Morgan fingerprint density at radius 2 is 2.26 bits per heavy atom. The van der Waals surface area contributed by atoms with Crippen LogP contribution >= 0.6 is 0 Å². The normalized spacial score (nSPS) is 42.3. The molecular weight excluding hydrogens is 290 g/mol. The van der Waals surface area contributed by atoms with Crippen LogP contribution in [0.3, 0.4) is 0 Å². The molecule has 2 heterocycles. The van der Waals surface area contributed by atoms with Gasteiger partial charge in [-0.2, -0.15) is 0 Å². The highest BCUT2D eigenvalue weighted by Crippen LogP contribution is 2.43. The number of ether oxygens (including phenoxy) is 2. The summed E-state index contributed by atoms with van der Waals surface area (Å²) in [4.78, 5) is 1.61. The minimum absolute atomic E-state index is 0.0106. The maximum absolute atomic E-state index is 11.1. The maximum atomic E-state index is 11.1. The fourth-order valence-corrected chi connectivity index (χ4v) is 3.27. The Morgan fingerprint density at radius 3 is 2.96 bits per heavy atom. The van der Waals surface area contributed by atoms with Gasteiger partial charge < -0.3 is 14.6 Å². The molecule has 1 N–H and O–H groups in total. The van der Waals surface area contributed by atoms with Gasteiger partial charge in [0, 0.05) is 23.2 Å². The zero-order chi connectivity index (χ0) is 24.4. The molecule has 128 valence electrons. The molecule has 4 heteroatoms. The van der Waals surface area contributed by atoms with Gasteiger partial charge in [0.15, 0.2) is 11.5 Å². The third-order valence-corrected chi connectivity index (χ3v) is 4.29. The number of hydrogen-bond donors (Lipinski definition) is 1. The van der Waals surface area contributed by atoms with Crippen LogP contribution in [-0.2, 0) is 6.42 Å². The average Bonchev–Trinajstić information content (AvgIpc) is 2.62. The van der Waals surface area contributed by atoms with E-state index in [1.54, 1.807) is 4.90 Å². The summed E-state index contributed by atoms with van der Waals surface area (Å²) in [5, 5.41) is 11.1. The molecule has 4 nitrogen and oxygen atoms in total. The lowest BCUT2D eigenvalue weighted by molar-refractivity contribution is -0.0191. The second-order valence-corrected chi connectivity index (χ2v) is 6.42. The topological polar surface area (TPSA) is 41.9 Å². The van der Waals surface area contributed by atoms with Gasteiger partial charge in [0.2, 0.25) is 0 Å². The van der Waals surface area contributed by atoms with E-state index < -0.39 is 43.2 Å². The summed E-state index contributed by atoms with van der Waals surface area (Å²) < 4.78 is 84.4. The van der Waals surface area contributed by atoms with Crippen LogP contribution in [0.1, 0.15) is 56.1 Å². The van der Waals surface area contributed by atoms with E-state index in [-0.39, 0.29) is 54.8 Å². The largest absolute Gasteiger partial charge is 0.493 e. The lowest BCUT2D eigenvalue weighted by Gasteiger charge is -2.46. The Kier molecular flexibility index (Phi) is 2.54. The second kappa shape index (κ2) is 6.70. The number of rotatable bonds is 4. The predicted molar refractivity (Wildman–Crippen MR) is 91.1 cm³/mol. The summed E-state index contributed by atoms with van der Waals surface area (Å²) >= 11 is 0. The maximum Gasteiger partial charge on any atom is 0.161 e. The van der Waals surface area contributed by atoms with Gasteiger partial charge in [0.25, 0.3) is 0 Å². The first-order valence-corrected chi connectivity index (χ1v) is 7.84. The van der Waals surface area contributed by atoms with Crippen molar-refractivity contribution in [2.75, 3.05) is 27.2 Å². The first kappa shape index (κ1) is 8.72. The molecule has 2 aliphatic heterocycles. The van der Waals surface area contributed by atoms with Gasteiger partial charge in [-0.25, -0.2) is 0 Å². The van der Waals surface area contributed by atoms with E-state index in [4.69, 9.17) is 21.8 Å². The minimum atomic E-state index is -2.94. The molecule has 0 spiro atoms. The average molecular weight is 328 g/mol. The zero-order valence-electron chi connectivity index (χ0n) is 22.7. The number of piperidine rings is 1. The molecule has 0 amide bonds. The van der Waals surface area contributed by atoms with Crippen molar-refractivity contribution >= 4 is 0 Å². The number of nitrogens with zero attached hydrogens (tertiary/aromatic N) is 1. The highest BCUT2D eigenvalue weighted by molar-refractivity contribution is 5.49. The third-order valence-electron chi connectivity index (χ3n) is 4.29. The van der Waals surface area contributed by atoms with Gasteiger partial charge in [0.1, 0.15) is 0 Å². The van der Waals surface area contributed by atoms with Crippen molar-refractivity contribution < 1.29 is 26.9 Å². The summed E-state index contributed by atoms with van der Waals surface area (Å²) in [6.07, 6.45) is -5.19. The summed E-state index contributed by atoms with van der Waals surface area (Å²) in [6.45, 7) is 3.81. The summed E-state index contributed by atoms with van der Waals surface area (Å²) in [5.41, 5.74) is 0.274. The first-order chi connectivity index (χ1) is 14.5. The molecule has 3 unspecified atom stereocenters. The van der Waals surface area contributed by atoms with E-state index in [1.807, 2.05) is 13.8 Å². The van der Waals surface area contributed by atoms with Gasteiger partial charge >= 0.3 is 0 Å². The zero-order valence-corrected chi connectivity index (χ0v) is 13.7. The fourth-order valence-electron chi connectivity index (χ4n) is 3.27. The van der Waals surface area contributed by atoms with Crippen LogP contribution in [-0.4, -0.2) is 43.3 Å². The molecule has 3 rings (SSSR count). The summed E-state index contributed by atoms with van der Waals surface area (Å²) in [5.74, 6) is -2.63. The molecule has 0 bridgehead atoms. The van der Waals surface area contributed by atoms with Crippen molar-refractivity contribution in [3.05, 3.63) is 23.2 Å². The van der Waals surface area contributed by atoms with Gasteiger partial charge in [-0.05, 0) is 54.2 Å². The summed E-state index contributed by atoms with van der Waals surface area (Å²) in [6, 6.07) is -2.01. The minimum Gasteiger partial charge on any atom is -0.493 e. The second-order valence-electron chi connectivity index (χ2n) is 6.42. The molecule has 0 aliphatic carbocycles. The molecule has 1 aromatic carbocycles. The van der Waals surface area contributed by atoms with Gasteiger partial charge in [-0.3, -0.25) is 4.90 Å². The van der Waals surface area contributed by atoms with Crippen molar-refractivity contribution in [1.82, 2.24) is 4.90 Å². The molecule has 2 aliphatic rings. The monoisotopic (exact) mass is 328 g/mol. The Labute approximate surface area is 152 Å². The van der Waals surface area contributed by atoms with E-state index in [2.05, 4.69) is 0 Å². The van der Waals surface area contributed by atoms with E-state index in [0.29, 0.717) is 0 Å². The van der Waals surface area contributed by atoms with Crippen LogP contribution in [0, 0.1) is 11.8 Å². The van der Waals surface area contributed by atoms with E-state index in [9.17, 15) is 5.11 Å². The van der Waals surface area contributed by atoms with Crippen LogP contribution < -0.4 is 9.47 Å². The quantitative estimate of drug-likeness (QED) is 0.922. The standard InChI is InChI=1S/C19H29NO3/c1-12(2)7-14-11-20-6-5-13-8-18(22-3)19(23-4)9-15(13)16(20)10-17(14)21/h8-9,12,14,16-17,21H,5-7,10-11H2,1-4H3/i4D3,8D,9D,10D2,14D,17D.